The Morgan fingerprint density at radius 1 is 1.00 bits per heavy atom. The molecule has 2 aromatic rings. The average molecular weight is 457 g/mol. The van der Waals surface area contributed by atoms with E-state index in [0.29, 0.717) is 27.7 Å². The summed E-state index contributed by atoms with van der Waals surface area (Å²) in [5.41, 5.74) is 1.47. The third kappa shape index (κ3) is 5.42. The number of carbonyl (C=O) groups excluding carboxylic acids is 3. The quantitative estimate of drug-likeness (QED) is 0.580. The minimum Gasteiger partial charge on any atom is -0.496 e. The third-order valence-corrected chi connectivity index (χ3v) is 5.69. The smallest absolute Gasteiger partial charge is 0.293 e. The summed E-state index contributed by atoms with van der Waals surface area (Å²) >= 11 is 0.864. The Morgan fingerprint density at radius 3 is 2.44 bits per heavy atom. The molecule has 2 aromatic carbocycles. The zero-order chi connectivity index (χ0) is 23.1. The van der Waals surface area contributed by atoms with Crippen molar-refractivity contribution in [3.05, 3.63) is 58.5 Å². The summed E-state index contributed by atoms with van der Waals surface area (Å²) < 4.78 is 15.7. The van der Waals surface area contributed by atoms with E-state index in [2.05, 4.69) is 5.32 Å². The molecule has 1 saturated heterocycles. The van der Waals surface area contributed by atoms with Crippen molar-refractivity contribution in [2.45, 2.75) is 6.42 Å². The predicted molar refractivity (Wildman–Crippen MR) is 122 cm³/mol. The van der Waals surface area contributed by atoms with Crippen molar-refractivity contribution >= 4 is 34.9 Å². The number of nitrogens with zero attached hydrogens (tertiary/aromatic N) is 1. The Balaban J connectivity index is 1.58. The Kier molecular flexibility index (Phi) is 7.77. The standard InChI is InChI=1S/C23H24N2O6S/c1-29-17-7-5-4-6-16(17)14-21(26)24-10-11-25-22(27)20(32-23(25)28)13-15-8-9-18(30-2)19(12-15)31-3/h4-9,12-13H,10-11,14H2,1-3H3,(H,24,26). The summed E-state index contributed by atoms with van der Waals surface area (Å²) in [6, 6.07) is 12.5. The van der Waals surface area contributed by atoms with Crippen LogP contribution in [0.15, 0.2) is 47.4 Å². The van der Waals surface area contributed by atoms with Crippen molar-refractivity contribution in [1.82, 2.24) is 10.2 Å². The Morgan fingerprint density at radius 2 is 1.72 bits per heavy atom. The van der Waals surface area contributed by atoms with Crippen LogP contribution in [0.5, 0.6) is 17.2 Å². The van der Waals surface area contributed by atoms with Gasteiger partial charge in [0.25, 0.3) is 11.1 Å². The summed E-state index contributed by atoms with van der Waals surface area (Å²) in [6.07, 6.45) is 1.78. The maximum Gasteiger partial charge on any atom is 0.293 e. The lowest BCUT2D eigenvalue weighted by molar-refractivity contribution is -0.124. The van der Waals surface area contributed by atoms with Crippen molar-refractivity contribution in [2.24, 2.45) is 0 Å². The van der Waals surface area contributed by atoms with Gasteiger partial charge < -0.3 is 19.5 Å². The van der Waals surface area contributed by atoms with Crippen LogP contribution in [0, 0.1) is 0 Å². The molecule has 0 aromatic heterocycles. The first-order valence-electron chi connectivity index (χ1n) is 9.82. The molecule has 1 fully saturated rings. The minimum atomic E-state index is -0.395. The Labute approximate surface area is 190 Å². The second-order valence-corrected chi connectivity index (χ2v) is 7.78. The first kappa shape index (κ1) is 23.2. The number of benzene rings is 2. The maximum atomic E-state index is 12.7. The fourth-order valence-corrected chi connectivity index (χ4v) is 4.04. The summed E-state index contributed by atoms with van der Waals surface area (Å²) in [7, 11) is 4.61. The highest BCUT2D eigenvalue weighted by molar-refractivity contribution is 8.18. The summed E-state index contributed by atoms with van der Waals surface area (Å²) in [5.74, 6) is 1.12. The second kappa shape index (κ2) is 10.7. The van der Waals surface area contributed by atoms with Gasteiger partial charge in [-0.3, -0.25) is 19.3 Å². The maximum absolute atomic E-state index is 12.7. The van der Waals surface area contributed by atoms with Gasteiger partial charge in [-0.1, -0.05) is 24.3 Å². The van der Waals surface area contributed by atoms with Crippen LogP contribution in [-0.4, -0.2) is 56.4 Å². The molecular weight excluding hydrogens is 432 g/mol. The molecule has 0 bridgehead atoms. The molecule has 168 valence electrons. The van der Waals surface area contributed by atoms with E-state index in [-0.39, 0.29) is 30.7 Å². The van der Waals surface area contributed by atoms with Crippen LogP contribution < -0.4 is 19.5 Å². The summed E-state index contributed by atoms with van der Waals surface area (Å²) in [5, 5.41) is 2.37. The van der Waals surface area contributed by atoms with Gasteiger partial charge in [0.2, 0.25) is 5.91 Å². The fraction of sp³-hybridized carbons (Fsp3) is 0.261. The highest BCUT2D eigenvalue weighted by Gasteiger charge is 2.34. The molecule has 1 aliphatic rings. The number of hydrogen-bond donors (Lipinski definition) is 1. The number of imide groups is 1. The number of hydrogen-bond acceptors (Lipinski definition) is 7. The van der Waals surface area contributed by atoms with Gasteiger partial charge >= 0.3 is 0 Å². The number of amides is 3. The molecule has 8 nitrogen and oxygen atoms in total. The zero-order valence-electron chi connectivity index (χ0n) is 18.0. The molecule has 3 amide bonds. The molecule has 0 spiro atoms. The number of ether oxygens (including phenoxy) is 3. The van der Waals surface area contributed by atoms with Crippen molar-refractivity contribution < 1.29 is 28.6 Å². The van der Waals surface area contributed by atoms with Crippen LogP contribution >= 0.6 is 11.8 Å². The highest BCUT2D eigenvalue weighted by atomic mass is 32.2. The van der Waals surface area contributed by atoms with E-state index in [4.69, 9.17) is 14.2 Å². The molecule has 1 N–H and O–H groups in total. The second-order valence-electron chi connectivity index (χ2n) is 6.79. The van der Waals surface area contributed by atoms with E-state index in [1.807, 2.05) is 18.2 Å². The van der Waals surface area contributed by atoms with Crippen molar-refractivity contribution in [1.29, 1.82) is 0 Å². The molecule has 0 aliphatic carbocycles. The van der Waals surface area contributed by atoms with Crippen LogP contribution in [-0.2, 0) is 16.0 Å². The van der Waals surface area contributed by atoms with E-state index in [9.17, 15) is 14.4 Å². The molecule has 3 rings (SSSR count). The fourth-order valence-electron chi connectivity index (χ4n) is 3.18. The molecule has 0 atom stereocenters. The van der Waals surface area contributed by atoms with Crippen molar-refractivity contribution in [3.63, 3.8) is 0 Å². The Bertz CT molecular complexity index is 1050. The first-order valence-corrected chi connectivity index (χ1v) is 10.6. The number of methoxy groups -OCH3 is 3. The van der Waals surface area contributed by atoms with E-state index in [1.165, 1.54) is 14.2 Å². The number of nitrogens with one attached hydrogen (secondary N) is 1. The van der Waals surface area contributed by atoms with E-state index < -0.39 is 5.91 Å². The summed E-state index contributed by atoms with van der Waals surface area (Å²) in [6.45, 7) is 0.251. The first-order chi connectivity index (χ1) is 15.5. The monoisotopic (exact) mass is 456 g/mol. The van der Waals surface area contributed by atoms with Crippen LogP contribution in [0.1, 0.15) is 11.1 Å². The molecule has 1 heterocycles. The zero-order valence-corrected chi connectivity index (χ0v) is 18.9. The topological polar surface area (TPSA) is 94.2 Å². The molecule has 32 heavy (non-hydrogen) atoms. The van der Waals surface area contributed by atoms with E-state index in [0.717, 1.165) is 22.2 Å². The molecule has 0 saturated carbocycles. The number of carbonyl (C=O) groups is 3. The van der Waals surface area contributed by atoms with Gasteiger partial charge in [0.15, 0.2) is 11.5 Å². The van der Waals surface area contributed by atoms with Gasteiger partial charge in [-0.05, 0) is 41.6 Å². The molecule has 9 heteroatoms. The van der Waals surface area contributed by atoms with Crippen molar-refractivity contribution in [2.75, 3.05) is 34.4 Å². The van der Waals surface area contributed by atoms with Gasteiger partial charge in [-0.2, -0.15) is 0 Å². The van der Waals surface area contributed by atoms with Crippen molar-refractivity contribution in [3.8, 4) is 17.2 Å². The van der Waals surface area contributed by atoms with E-state index in [1.54, 1.807) is 37.5 Å². The van der Waals surface area contributed by atoms with E-state index >= 15 is 0 Å². The highest BCUT2D eigenvalue weighted by Crippen LogP contribution is 2.34. The lowest BCUT2D eigenvalue weighted by atomic mass is 10.1. The van der Waals surface area contributed by atoms with Gasteiger partial charge in [-0.15, -0.1) is 0 Å². The van der Waals surface area contributed by atoms with Crippen LogP contribution in [0.2, 0.25) is 0 Å². The predicted octanol–water partition coefficient (Wildman–Crippen LogP) is 3.11. The number of para-hydroxylation sites is 1. The van der Waals surface area contributed by atoms with Gasteiger partial charge in [0, 0.05) is 18.7 Å². The minimum absolute atomic E-state index is 0.0889. The summed E-state index contributed by atoms with van der Waals surface area (Å²) in [4.78, 5) is 38.7. The third-order valence-electron chi connectivity index (χ3n) is 4.78. The average Bonchev–Trinajstić information content (AvgIpc) is 3.06. The van der Waals surface area contributed by atoms with Gasteiger partial charge in [-0.25, -0.2) is 0 Å². The van der Waals surface area contributed by atoms with Gasteiger partial charge in [0.05, 0.1) is 32.7 Å². The molecule has 0 radical (unpaired) electrons. The number of thioether (sulfide) groups is 1. The lowest BCUT2D eigenvalue weighted by Gasteiger charge is -2.13. The molecular formula is C23H24N2O6S. The normalized spacial score (nSPS) is 14.6. The van der Waals surface area contributed by atoms with Crippen LogP contribution in [0.4, 0.5) is 4.79 Å². The molecule has 0 unspecified atom stereocenters. The lowest BCUT2D eigenvalue weighted by Crippen LogP contribution is -2.37. The largest absolute Gasteiger partial charge is 0.496 e. The SMILES string of the molecule is COc1ccccc1CC(=O)NCCN1C(=O)SC(=Cc2ccc(OC)c(OC)c2)C1=O. The van der Waals surface area contributed by atoms with Gasteiger partial charge in [0.1, 0.15) is 5.75 Å². The van der Waals surface area contributed by atoms with Crippen LogP contribution in [0.3, 0.4) is 0 Å². The Hall–Kier alpha value is -3.46. The number of rotatable bonds is 9. The molecule has 1 aliphatic heterocycles. The van der Waals surface area contributed by atoms with Crippen LogP contribution in [0.25, 0.3) is 6.08 Å².